The van der Waals surface area contributed by atoms with Gasteiger partial charge in [0.2, 0.25) is 5.91 Å². The minimum atomic E-state index is -0.0868. The molecule has 0 saturated carbocycles. The van der Waals surface area contributed by atoms with Crippen molar-refractivity contribution < 1.29 is 14.1 Å². The number of rotatable bonds is 3. The minimum Gasteiger partial charge on any atom is -0.370 e. The van der Waals surface area contributed by atoms with Crippen molar-refractivity contribution in [1.82, 2.24) is 15.0 Å². The molecule has 3 aliphatic rings. The van der Waals surface area contributed by atoms with Crippen LogP contribution in [0.25, 0.3) is 0 Å². The summed E-state index contributed by atoms with van der Waals surface area (Å²) in [5.41, 5.74) is 1.66. The first-order chi connectivity index (χ1) is 11.6. The van der Waals surface area contributed by atoms with Crippen molar-refractivity contribution in [3.63, 3.8) is 0 Å². The Balaban J connectivity index is 1.30. The average molecular weight is 333 g/mol. The SMILES string of the molecule is Cc1noc(C)c1CC(=O)N1CC2(CC(N3CCCCC3)CO2)C1. The third-order valence-electron chi connectivity index (χ3n) is 5.92. The van der Waals surface area contributed by atoms with E-state index < -0.39 is 0 Å². The number of carbonyl (C=O) groups is 1. The van der Waals surface area contributed by atoms with Crippen molar-refractivity contribution in [1.29, 1.82) is 0 Å². The molecule has 3 saturated heterocycles. The van der Waals surface area contributed by atoms with Crippen LogP contribution in [0.1, 0.15) is 42.7 Å². The van der Waals surface area contributed by atoms with Crippen LogP contribution < -0.4 is 0 Å². The molecule has 0 N–H and O–H groups in total. The van der Waals surface area contributed by atoms with Gasteiger partial charge in [0.15, 0.2) is 0 Å². The number of aromatic nitrogens is 1. The third-order valence-corrected chi connectivity index (χ3v) is 5.92. The maximum Gasteiger partial charge on any atom is 0.227 e. The van der Waals surface area contributed by atoms with Crippen molar-refractivity contribution in [3.05, 3.63) is 17.0 Å². The molecule has 1 aromatic heterocycles. The number of likely N-dealkylation sites (tertiary alicyclic amines) is 2. The van der Waals surface area contributed by atoms with Gasteiger partial charge >= 0.3 is 0 Å². The summed E-state index contributed by atoms with van der Waals surface area (Å²) in [6, 6.07) is 0.546. The first kappa shape index (κ1) is 16.1. The lowest BCUT2D eigenvalue weighted by molar-refractivity contribution is -0.157. The van der Waals surface area contributed by atoms with Gasteiger partial charge in [-0.25, -0.2) is 0 Å². The summed E-state index contributed by atoms with van der Waals surface area (Å²) in [4.78, 5) is 17.0. The highest BCUT2D eigenvalue weighted by Crippen LogP contribution is 2.38. The molecular weight excluding hydrogens is 306 g/mol. The number of hydrogen-bond donors (Lipinski definition) is 0. The molecule has 6 nitrogen and oxygen atoms in total. The maximum atomic E-state index is 12.5. The second-order valence-corrected chi connectivity index (χ2v) is 7.68. The largest absolute Gasteiger partial charge is 0.370 e. The second kappa shape index (κ2) is 6.15. The van der Waals surface area contributed by atoms with E-state index in [0.717, 1.165) is 43.1 Å². The first-order valence-corrected chi connectivity index (χ1v) is 9.14. The molecule has 4 heterocycles. The van der Waals surface area contributed by atoms with Gasteiger partial charge in [-0.2, -0.15) is 0 Å². The zero-order valence-corrected chi connectivity index (χ0v) is 14.7. The van der Waals surface area contributed by atoms with E-state index in [-0.39, 0.29) is 11.5 Å². The Morgan fingerprint density at radius 1 is 1.25 bits per heavy atom. The van der Waals surface area contributed by atoms with Crippen LogP contribution in [0.5, 0.6) is 0 Å². The van der Waals surface area contributed by atoms with Crippen molar-refractivity contribution in [2.24, 2.45) is 0 Å². The Labute approximate surface area is 143 Å². The fourth-order valence-corrected chi connectivity index (χ4v) is 4.40. The van der Waals surface area contributed by atoms with Crippen LogP contribution >= 0.6 is 0 Å². The highest BCUT2D eigenvalue weighted by molar-refractivity contribution is 5.80. The topological polar surface area (TPSA) is 58.8 Å². The molecule has 1 amide bonds. The van der Waals surface area contributed by atoms with Gasteiger partial charge in [-0.05, 0) is 46.2 Å². The highest BCUT2D eigenvalue weighted by Gasteiger charge is 2.52. The lowest BCUT2D eigenvalue weighted by Gasteiger charge is -2.47. The van der Waals surface area contributed by atoms with Crippen molar-refractivity contribution in [2.45, 2.75) is 57.6 Å². The number of ether oxygens (including phenoxy) is 1. The first-order valence-electron chi connectivity index (χ1n) is 9.14. The van der Waals surface area contributed by atoms with Crippen molar-refractivity contribution >= 4 is 5.91 Å². The van der Waals surface area contributed by atoms with E-state index in [2.05, 4.69) is 10.1 Å². The smallest absolute Gasteiger partial charge is 0.227 e. The molecule has 0 aromatic carbocycles. The van der Waals surface area contributed by atoms with Crippen LogP contribution in [0.3, 0.4) is 0 Å². The van der Waals surface area contributed by atoms with Gasteiger partial charge in [0.1, 0.15) is 11.4 Å². The average Bonchev–Trinajstić information content (AvgIpc) is 3.14. The van der Waals surface area contributed by atoms with Crippen LogP contribution in [0.15, 0.2) is 4.52 Å². The molecule has 3 aliphatic heterocycles. The quantitative estimate of drug-likeness (QED) is 0.842. The van der Waals surface area contributed by atoms with Crippen LogP contribution in [0, 0.1) is 13.8 Å². The lowest BCUT2D eigenvalue weighted by atomic mass is 9.88. The molecule has 132 valence electrons. The van der Waals surface area contributed by atoms with Crippen LogP contribution in [-0.2, 0) is 16.0 Å². The van der Waals surface area contributed by atoms with Crippen LogP contribution in [0.4, 0.5) is 0 Å². The summed E-state index contributed by atoms with van der Waals surface area (Å²) >= 11 is 0. The standard InChI is InChI=1S/C18H27N3O3/c1-13-16(14(2)24-19-13)8-17(22)21-11-18(12-21)9-15(10-23-18)20-6-4-3-5-7-20/h15H,3-12H2,1-2H3. The minimum absolute atomic E-state index is 0.0868. The number of aryl methyl sites for hydroxylation is 2. The molecular formula is C18H27N3O3. The number of nitrogens with zero attached hydrogens (tertiary/aromatic N) is 3. The number of hydrogen-bond acceptors (Lipinski definition) is 5. The van der Waals surface area contributed by atoms with Crippen LogP contribution in [0.2, 0.25) is 0 Å². The van der Waals surface area contributed by atoms with E-state index in [1.165, 1.54) is 32.4 Å². The van der Waals surface area contributed by atoms with E-state index in [1.54, 1.807) is 0 Å². The van der Waals surface area contributed by atoms with Crippen molar-refractivity contribution in [2.75, 3.05) is 32.8 Å². The van der Waals surface area contributed by atoms with Gasteiger partial charge in [-0.3, -0.25) is 9.69 Å². The number of piperidine rings is 1. The molecule has 1 aromatic rings. The van der Waals surface area contributed by atoms with Gasteiger partial charge < -0.3 is 14.2 Å². The summed E-state index contributed by atoms with van der Waals surface area (Å²) in [7, 11) is 0. The predicted molar refractivity (Wildman–Crippen MR) is 88.8 cm³/mol. The molecule has 1 spiro atoms. The monoisotopic (exact) mass is 333 g/mol. The molecule has 0 bridgehead atoms. The van der Waals surface area contributed by atoms with E-state index in [0.29, 0.717) is 12.5 Å². The summed E-state index contributed by atoms with van der Waals surface area (Å²) in [5, 5.41) is 3.93. The van der Waals surface area contributed by atoms with E-state index >= 15 is 0 Å². The van der Waals surface area contributed by atoms with Gasteiger partial charge in [-0.15, -0.1) is 0 Å². The Morgan fingerprint density at radius 2 is 2.00 bits per heavy atom. The normalized spacial score (nSPS) is 26.8. The van der Waals surface area contributed by atoms with E-state index in [4.69, 9.17) is 9.26 Å². The highest BCUT2D eigenvalue weighted by atomic mass is 16.5. The Hall–Kier alpha value is -1.40. The zero-order chi connectivity index (χ0) is 16.7. The van der Waals surface area contributed by atoms with Gasteiger partial charge in [0.25, 0.3) is 0 Å². The Morgan fingerprint density at radius 3 is 2.67 bits per heavy atom. The van der Waals surface area contributed by atoms with Crippen LogP contribution in [-0.4, -0.2) is 65.3 Å². The van der Waals surface area contributed by atoms with Crippen molar-refractivity contribution in [3.8, 4) is 0 Å². The van der Waals surface area contributed by atoms with Gasteiger partial charge in [0.05, 0.1) is 31.8 Å². The summed E-state index contributed by atoms with van der Waals surface area (Å²) < 4.78 is 11.3. The zero-order valence-electron chi connectivity index (χ0n) is 14.7. The van der Waals surface area contributed by atoms with Gasteiger partial charge in [-0.1, -0.05) is 11.6 Å². The molecule has 1 unspecified atom stereocenters. The fraction of sp³-hybridized carbons (Fsp3) is 0.778. The maximum absolute atomic E-state index is 12.5. The number of amides is 1. The molecule has 24 heavy (non-hydrogen) atoms. The Bertz CT molecular complexity index is 596. The van der Waals surface area contributed by atoms with Gasteiger partial charge in [0, 0.05) is 11.6 Å². The molecule has 4 rings (SSSR count). The predicted octanol–water partition coefficient (Wildman–Crippen LogP) is 1.69. The lowest BCUT2D eigenvalue weighted by Crippen LogP contribution is -2.63. The third kappa shape index (κ3) is 2.86. The number of carbonyl (C=O) groups excluding carboxylic acids is 1. The van der Waals surface area contributed by atoms with E-state index in [9.17, 15) is 4.79 Å². The Kier molecular flexibility index (Phi) is 4.12. The molecule has 1 atom stereocenters. The molecule has 0 radical (unpaired) electrons. The summed E-state index contributed by atoms with van der Waals surface area (Å²) in [6.07, 6.45) is 5.44. The molecule has 0 aliphatic carbocycles. The second-order valence-electron chi connectivity index (χ2n) is 7.68. The summed E-state index contributed by atoms with van der Waals surface area (Å²) in [5.74, 6) is 0.901. The fourth-order valence-electron chi connectivity index (χ4n) is 4.40. The summed E-state index contributed by atoms with van der Waals surface area (Å²) in [6.45, 7) is 8.46. The molecule has 3 fully saturated rings. The molecule has 6 heteroatoms. The van der Waals surface area contributed by atoms with E-state index in [1.807, 2.05) is 18.7 Å².